The minimum Gasteiger partial charge on any atom is -0.468 e. The first kappa shape index (κ1) is 13.4. The molecular formula is C10H21NO3. The molecule has 14 heavy (non-hydrogen) atoms. The molecule has 0 aliphatic heterocycles. The van der Waals surface area contributed by atoms with Gasteiger partial charge in [-0.25, -0.2) is 4.79 Å². The van der Waals surface area contributed by atoms with Crippen molar-refractivity contribution in [2.75, 3.05) is 26.9 Å². The molecule has 1 unspecified atom stereocenters. The Bertz CT molecular complexity index is 173. The predicted molar refractivity (Wildman–Crippen MR) is 55.2 cm³/mol. The Kier molecular flexibility index (Phi) is 6.49. The minimum absolute atomic E-state index is 0.282. The van der Waals surface area contributed by atoms with Crippen LogP contribution in [-0.4, -0.2) is 38.4 Å². The van der Waals surface area contributed by atoms with Crippen molar-refractivity contribution in [1.82, 2.24) is 5.32 Å². The third-order valence-corrected chi connectivity index (χ3v) is 1.94. The number of esters is 1. The summed E-state index contributed by atoms with van der Waals surface area (Å²) in [6, 6.07) is 0. The molecule has 4 heteroatoms. The van der Waals surface area contributed by atoms with E-state index in [2.05, 4.69) is 5.32 Å². The Balaban J connectivity index is 4.16. The molecule has 1 atom stereocenters. The highest BCUT2D eigenvalue weighted by atomic mass is 16.5. The lowest BCUT2D eigenvalue weighted by molar-refractivity contribution is -0.150. The highest BCUT2D eigenvalue weighted by molar-refractivity contribution is 5.80. The zero-order valence-corrected chi connectivity index (χ0v) is 9.55. The summed E-state index contributed by atoms with van der Waals surface area (Å²) in [4.78, 5) is 11.5. The fourth-order valence-electron chi connectivity index (χ4n) is 1.22. The Morgan fingerprint density at radius 2 is 2.07 bits per heavy atom. The third-order valence-electron chi connectivity index (χ3n) is 1.94. The maximum Gasteiger partial charge on any atom is 0.328 e. The van der Waals surface area contributed by atoms with Crippen molar-refractivity contribution in [2.45, 2.75) is 32.7 Å². The lowest BCUT2D eigenvalue weighted by Gasteiger charge is -2.27. The number of methoxy groups -OCH3 is 1. The van der Waals surface area contributed by atoms with Crippen LogP contribution in [0.1, 0.15) is 27.2 Å². The molecular weight excluding hydrogens is 182 g/mol. The molecule has 0 spiro atoms. The second kappa shape index (κ2) is 6.79. The molecule has 0 fully saturated rings. The first-order valence-corrected chi connectivity index (χ1v) is 5.02. The molecule has 0 saturated carbocycles. The summed E-state index contributed by atoms with van der Waals surface area (Å²) in [6.07, 6.45) is 0.948. The molecule has 84 valence electrons. The second-order valence-electron chi connectivity index (χ2n) is 3.41. The van der Waals surface area contributed by atoms with Crippen LogP contribution < -0.4 is 5.32 Å². The van der Waals surface area contributed by atoms with Crippen molar-refractivity contribution >= 4 is 5.97 Å². The number of nitrogens with one attached hydrogen (secondary N) is 1. The maximum atomic E-state index is 11.5. The van der Waals surface area contributed by atoms with Crippen molar-refractivity contribution in [3.63, 3.8) is 0 Å². The van der Waals surface area contributed by atoms with E-state index in [-0.39, 0.29) is 5.97 Å². The molecule has 0 aromatic carbocycles. The van der Waals surface area contributed by atoms with Gasteiger partial charge in [0.25, 0.3) is 0 Å². The quantitative estimate of drug-likeness (QED) is 0.494. The normalized spacial score (nSPS) is 14.9. The van der Waals surface area contributed by atoms with E-state index in [1.165, 1.54) is 7.11 Å². The molecule has 0 aromatic heterocycles. The van der Waals surface area contributed by atoms with E-state index < -0.39 is 5.54 Å². The van der Waals surface area contributed by atoms with E-state index in [0.717, 1.165) is 6.42 Å². The van der Waals surface area contributed by atoms with Gasteiger partial charge in [0.05, 0.1) is 13.7 Å². The van der Waals surface area contributed by atoms with Crippen LogP contribution in [0, 0.1) is 0 Å². The Labute approximate surface area is 86.0 Å². The lowest BCUT2D eigenvalue weighted by Crippen LogP contribution is -2.53. The fourth-order valence-corrected chi connectivity index (χ4v) is 1.22. The van der Waals surface area contributed by atoms with E-state index in [1.807, 2.05) is 13.8 Å². The Morgan fingerprint density at radius 1 is 1.43 bits per heavy atom. The number of carbonyl (C=O) groups excluding carboxylic acids is 1. The van der Waals surface area contributed by atoms with Gasteiger partial charge in [-0.05, 0) is 19.9 Å². The maximum absolute atomic E-state index is 11.5. The van der Waals surface area contributed by atoms with Crippen LogP contribution in [-0.2, 0) is 14.3 Å². The van der Waals surface area contributed by atoms with Crippen LogP contribution in [0.4, 0.5) is 0 Å². The first-order valence-electron chi connectivity index (χ1n) is 5.02. The van der Waals surface area contributed by atoms with E-state index in [9.17, 15) is 4.79 Å². The Hall–Kier alpha value is -0.610. The van der Waals surface area contributed by atoms with Crippen LogP contribution in [0.15, 0.2) is 0 Å². The molecule has 0 bridgehead atoms. The van der Waals surface area contributed by atoms with Crippen LogP contribution >= 0.6 is 0 Å². The van der Waals surface area contributed by atoms with Crippen molar-refractivity contribution < 1.29 is 14.3 Å². The van der Waals surface area contributed by atoms with Gasteiger partial charge in [0.15, 0.2) is 0 Å². The van der Waals surface area contributed by atoms with Gasteiger partial charge in [-0.2, -0.15) is 0 Å². The molecule has 0 rings (SSSR count). The number of ether oxygens (including phenoxy) is 2. The summed E-state index contributed by atoms with van der Waals surface area (Å²) in [5, 5.41) is 3.07. The third kappa shape index (κ3) is 4.07. The molecule has 0 radical (unpaired) electrons. The van der Waals surface area contributed by atoms with Crippen molar-refractivity contribution in [1.29, 1.82) is 0 Å². The number of carbonyl (C=O) groups is 1. The standard InChI is InChI=1S/C10H21NO3/c1-5-7-14-8-10(3,11-6-2)9(12)13-4/h11H,5-8H2,1-4H3. The summed E-state index contributed by atoms with van der Waals surface area (Å²) >= 11 is 0. The second-order valence-corrected chi connectivity index (χ2v) is 3.41. The van der Waals surface area contributed by atoms with E-state index in [0.29, 0.717) is 19.8 Å². The molecule has 0 aromatic rings. The van der Waals surface area contributed by atoms with E-state index >= 15 is 0 Å². The van der Waals surface area contributed by atoms with Crippen molar-refractivity contribution in [3.05, 3.63) is 0 Å². The summed E-state index contributed by atoms with van der Waals surface area (Å²) in [6.45, 7) is 7.49. The number of hydrogen-bond acceptors (Lipinski definition) is 4. The molecule has 0 heterocycles. The highest BCUT2D eigenvalue weighted by Gasteiger charge is 2.33. The van der Waals surface area contributed by atoms with Crippen LogP contribution in [0.25, 0.3) is 0 Å². The van der Waals surface area contributed by atoms with E-state index in [1.54, 1.807) is 6.92 Å². The SMILES string of the molecule is CCCOCC(C)(NCC)C(=O)OC. The monoisotopic (exact) mass is 203 g/mol. The zero-order chi connectivity index (χ0) is 11.0. The van der Waals surface area contributed by atoms with Crippen molar-refractivity contribution in [2.24, 2.45) is 0 Å². The van der Waals surface area contributed by atoms with Gasteiger partial charge < -0.3 is 14.8 Å². The van der Waals surface area contributed by atoms with Gasteiger partial charge in [0.2, 0.25) is 0 Å². The van der Waals surface area contributed by atoms with Gasteiger partial charge in [0.1, 0.15) is 5.54 Å². The molecule has 0 aliphatic carbocycles. The van der Waals surface area contributed by atoms with E-state index in [4.69, 9.17) is 9.47 Å². The van der Waals surface area contributed by atoms with Crippen LogP contribution in [0.3, 0.4) is 0 Å². The summed E-state index contributed by atoms with van der Waals surface area (Å²) in [5.41, 5.74) is -0.724. The molecule has 1 N–H and O–H groups in total. The summed E-state index contributed by atoms with van der Waals surface area (Å²) < 4.78 is 10.1. The number of rotatable bonds is 7. The van der Waals surface area contributed by atoms with Crippen LogP contribution in [0.2, 0.25) is 0 Å². The largest absolute Gasteiger partial charge is 0.468 e. The van der Waals surface area contributed by atoms with Gasteiger partial charge in [-0.15, -0.1) is 0 Å². The average molecular weight is 203 g/mol. The minimum atomic E-state index is -0.724. The molecule has 0 saturated heterocycles. The summed E-state index contributed by atoms with van der Waals surface area (Å²) in [5.74, 6) is -0.282. The van der Waals surface area contributed by atoms with Gasteiger partial charge in [-0.1, -0.05) is 13.8 Å². The first-order chi connectivity index (χ1) is 6.60. The Morgan fingerprint density at radius 3 is 2.50 bits per heavy atom. The zero-order valence-electron chi connectivity index (χ0n) is 9.55. The lowest BCUT2D eigenvalue weighted by atomic mass is 10.0. The summed E-state index contributed by atoms with van der Waals surface area (Å²) in [7, 11) is 1.39. The van der Waals surface area contributed by atoms with Gasteiger partial charge in [0, 0.05) is 6.61 Å². The molecule has 0 amide bonds. The smallest absolute Gasteiger partial charge is 0.328 e. The van der Waals surface area contributed by atoms with Crippen LogP contribution in [0.5, 0.6) is 0 Å². The molecule has 4 nitrogen and oxygen atoms in total. The molecule has 0 aliphatic rings. The predicted octanol–water partition coefficient (Wildman–Crippen LogP) is 0.954. The fraction of sp³-hybridized carbons (Fsp3) is 0.900. The van der Waals surface area contributed by atoms with Crippen molar-refractivity contribution in [3.8, 4) is 0 Å². The highest BCUT2D eigenvalue weighted by Crippen LogP contribution is 2.07. The topological polar surface area (TPSA) is 47.6 Å². The van der Waals surface area contributed by atoms with Gasteiger partial charge >= 0.3 is 5.97 Å². The number of hydrogen-bond donors (Lipinski definition) is 1. The van der Waals surface area contributed by atoms with Gasteiger partial charge in [-0.3, -0.25) is 0 Å². The average Bonchev–Trinajstić information content (AvgIpc) is 2.17. The number of likely N-dealkylation sites (N-methyl/N-ethyl adjacent to an activating group) is 1.